The van der Waals surface area contributed by atoms with E-state index in [2.05, 4.69) is 14.8 Å². The summed E-state index contributed by atoms with van der Waals surface area (Å²) in [6, 6.07) is 23.9. The highest BCUT2D eigenvalue weighted by molar-refractivity contribution is 7.89. The minimum absolute atomic E-state index is 0.0270. The molecule has 9 nitrogen and oxygen atoms in total. The average Bonchev–Trinajstić information content (AvgIpc) is 3.44. The Morgan fingerprint density at radius 2 is 1.02 bits per heavy atom. The number of hydrogen-bond donors (Lipinski definition) is 3. The molecule has 5 aromatic rings. The molecule has 0 fully saturated rings. The van der Waals surface area contributed by atoms with E-state index >= 15 is 0 Å². The molecule has 234 valence electrons. The first-order valence-corrected chi connectivity index (χ1v) is 17.5. The van der Waals surface area contributed by atoms with E-state index in [0.717, 1.165) is 11.1 Å². The topological polar surface area (TPSA) is 130 Å². The highest BCUT2D eigenvalue weighted by atomic mass is 35.5. The molecule has 0 spiro atoms. The summed E-state index contributed by atoms with van der Waals surface area (Å²) in [5.41, 5.74) is 3.01. The standard InChI is InChI=1S/C32H30Cl2N4O5S2/c1-20-4-16-26(17-5-20)44(39,40)37-28(22-8-12-24(33)13-9-22)30-31(35-3)43-32(36-30)29(23-10-14-25(34)15-11-23)38-45(41,42)27-18-6-21(2)7-19-27/h4-19,28-29,35,37-38H,1-3H3. The molecule has 4 aromatic carbocycles. The van der Waals surface area contributed by atoms with Crippen molar-refractivity contribution in [3.63, 3.8) is 0 Å². The number of nitrogens with zero attached hydrogens (tertiary/aromatic N) is 1. The zero-order chi connectivity index (χ0) is 32.4. The number of rotatable bonds is 11. The predicted molar refractivity (Wildman–Crippen MR) is 176 cm³/mol. The zero-order valence-corrected chi connectivity index (χ0v) is 27.6. The normalized spacial score (nSPS) is 13.4. The van der Waals surface area contributed by atoms with E-state index in [1.165, 1.54) is 24.3 Å². The fourth-order valence-corrected chi connectivity index (χ4v) is 7.20. The van der Waals surface area contributed by atoms with E-state index in [1.807, 2.05) is 13.8 Å². The zero-order valence-electron chi connectivity index (χ0n) is 24.5. The first-order valence-electron chi connectivity index (χ1n) is 13.7. The lowest BCUT2D eigenvalue weighted by Gasteiger charge is -2.19. The maximum Gasteiger partial charge on any atom is 0.241 e. The van der Waals surface area contributed by atoms with Gasteiger partial charge in [0.25, 0.3) is 0 Å². The molecule has 0 aliphatic rings. The van der Waals surface area contributed by atoms with Gasteiger partial charge in [-0.3, -0.25) is 0 Å². The average molecular weight is 686 g/mol. The van der Waals surface area contributed by atoms with Gasteiger partial charge in [-0.25, -0.2) is 21.8 Å². The summed E-state index contributed by atoms with van der Waals surface area (Å²) in [6.07, 6.45) is 0. The van der Waals surface area contributed by atoms with Crippen LogP contribution in [0.25, 0.3) is 0 Å². The van der Waals surface area contributed by atoms with Crippen molar-refractivity contribution >= 4 is 49.1 Å². The van der Waals surface area contributed by atoms with Gasteiger partial charge in [-0.15, -0.1) is 0 Å². The molecule has 45 heavy (non-hydrogen) atoms. The van der Waals surface area contributed by atoms with Crippen molar-refractivity contribution in [1.29, 1.82) is 0 Å². The molecule has 1 heterocycles. The van der Waals surface area contributed by atoms with Crippen LogP contribution in [0.2, 0.25) is 10.0 Å². The summed E-state index contributed by atoms with van der Waals surface area (Å²) in [5, 5.41) is 3.85. The van der Waals surface area contributed by atoms with Gasteiger partial charge in [0.2, 0.25) is 31.8 Å². The minimum Gasteiger partial charge on any atom is -0.423 e. The Morgan fingerprint density at radius 1 is 0.622 bits per heavy atom. The molecule has 2 atom stereocenters. The van der Waals surface area contributed by atoms with E-state index in [9.17, 15) is 16.8 Å². The minimum atomic E-state index is -4.07. The summed E-state index contributed by atoms with van der Waals surface area (Å²) in [7, 11) is -6.54. The Hall–Kier alpha value is -3.71. The number of anilines is 1. The third-order valence-corrected chi connectivity index (χ3v) is 10.4. The van der Waals surface area contributed by atoms with Gasteiger partial charge < -0.3 is 9.73 Å². The maximum absolute atomic E-state index is 13.6. The van der Waals surface area contributed by atoms with Crippen molar-refractivity contribution in [1.82, 2.24) is 14.4 Å². The summed E-state index contributed by atoms with van der Waals surface area (Å²) >= 11 is 12.3. The SMILES string of the molecule is CNc1oc(C(NS(=O)(=O)c2ccc(C)cc2)c2ccc(Cl)cc2)nc1C(NS(=O)(=O)c1ccc(C)cc1)c1ccc(Cl)cc1. The Kier molecular flexibility index (Phi) is 9.68. The molecule has 2 unspecified atom stereocenters. The van der Waals surface area contributed by atoms with Gasteiger partial charge in [-0.05, 0) is 73.5 Å². The van der Waals surface area contributed by atoms with Crippen LogP contribution in [0.4, 0.5) is 5.88 Å². The number of halogens is 2. The van der Waals surface area contributed by atoms with Crippen LogP contribution in [0.5, 0.6) is 0 Å². The largest absolute Gasteiger partial charge is 0.423 e. The van der Waals surface area contributed by atoms with E-state index in [0.29, 0.717) is 21.2 Å². The lowest BCUT2D eigenvalue weighted by Crippen LogP contribution is -2.31. The van der Waals surface area contributed by atoms with E-state index < -0.39 is 32.1 Å². The maximum atomic E-state index is 13.6. The molecule has 0 radical (unpaired) electrons. The quantitative estimate of drug-likeness (QED) is 0.140. The van der Waals surface area contributed by atoms with Crippen molar-refractivity contribution < 1.29 is 21.3 Å². The highest BCUT2D eigenvalue weighted by Crippen LogP contribution is 2.35. The second-order valence-corrected chi connectivity index (χ2v) is 14.7. The van der Waals surface area contributed by atoms with Gasteiger partial charge in [0.1, 0.15) is 11.7 Å². The van der Waals surface area contributed by atoms with Gasteiger partial charge in [-0.2, -0.15) is 9.44 Å². The van der Waals surface area contributed by atoms with E-state index in [-0.39, 0.29) is 27.3 Å². The van der Waals surface area contributed by atoms with Gasteiger partial charge in [0.15, 0.2) is 0 Å². The molecule has 0 amide bonds. The van der Waals surface area contributed by atoms with Crippen LogP contribution in [-0.2, 0) is 20.0 Å². The number of aromatic nitrogens is 1. The number of oxazole rings is 1. The molecule has 13 heteroatoms. The predicted octanol–water partition coefficient (Wildman–Crippen LogP) is 6.78. The van der Waals surface area contributed by atoms with Crippen molar-refractivity contribution in [2.24, 2.45) is 0 Å². The molecule has 3 N–H and O–H groups in total. The van der Waals surface area contributed by atoms with E-state index in [4.69, 9.17) is 32.6 Å². The molecule has 0 saturated heterocycles. The molecule has 0 saturated carbocycles. The number of nitrogens with one attached hydrogen (secondary N) is 3. The molecule has 0 bridgehead atoms. The number of benzene rings is 4. The smallest absolute Gasteiger partial charge is 0.241 e. The van der Waals surface area contributed by atoms with Crippen LogP contribution in [0.1, 0.15) is 45.9 Å². The van der Waals surface area contributed by atoms with Crippen LogP contribution >= 0.6 is 23.2 Å². The van der Waals surface area contributed by atoms with Crippen LogP contribution in [0.15, 0.2) is 111 Å². The summed E-state index contributed by atoms with van der Waals surface area (Å²) in [6.45, 7) is 3.72. The van der Waals surface area contributed by atoms with Gasteiger partial charge in [0.05, 0.1) is 15.8 Å². The Bertz CT molecular complexity index is 2000. The molecule has 5 rings (SSSR count). The van der Waals surface area contributed by atoms with E-state index in [1.54, 1.807) is 79.8 Å². The fraction of sp³-hybridized carbons (Fsp3) is 0.156. The number of sulfonamides is 2. The van der Waals surface area contributed by atoms with Crippen molar-refractivity contribution in [3.05, 3.63) is 141 Å². The van der Waals surface area contributed by atoms with Gasteiger partial charge in [0, 0.05) is 17.1 Å². The second-order valence-electron chi connectivity index (χ2n) is 10.4. The molecular formula is C32H30Cl2N4O5S2. The Labute approximate surface area is 272 Å². The van der Waals surface area contributed by atoms with Gasteiger partial charge >= 0.3 is 0 Å². The third kappa shape index (κ3) is 7.58. The summed E-state index contributed by atoms with van der Waals surface area (Å²) < 4.78 is 65.9. The van der Waals surface area contributed by atoms with Crippen molar-refractivity contribution in [3.8, 4) is 0 Å². The monoisotopic (exact) mass is 684 g/mol. The molecule has 0 aliphatic heterocycles. The Morgan fingerprint density at radius 3 is 1.44 bits per heavy atom. The number of hydrogen-bond acceptors (Lipinski definition) is 7. The van der Waals surface area contributed by atoms with Crippen molar-refractivity contribution in [2.75, 3.05) is 12.4 Å². The Balaban J connectivity index is 1.62. The lowest BCUT2D eigenvalue weighted by molar-refractivity contribution is 0.466. The fourth-order valence-electron chi connectivity index (χ4n) is 4.58. The number of aryl methyl sites for hydroxylation is 2. The summed E-state index contributed by atoms with van der Waals surface area (Å²) in [5.74, 6) is 0.103. The molecule has 1 aromatic heterocycles. The first kappa shape index (κ1) is 32.7. The van der Waals surface area contributed by atoms with Crippen LogP contribution in [-0.4, -0.2) is 28.9 Å². The van der Waals surface area contributed by atoms with Gasteiger partial charge in [-0.1, -0.05) is 82.9 Å². The lowest BCUT2D eigenvalue weighted by atomic mass is 10.0. The van der Waals surface area contributed by atoms with Crippen LogP contribution < -0.4 is 14.8 Å². The second kappa shape index (κ2) is 13.3. The molecule has 0 aliphatic carbocycles. The third-order valence-electron chi connectivity index (χ3n) is 7.03. The van der Waals surface area contributed by atoms with Crippen LogP contribution in [0, 0.1) is 13.8 Å². The molecular weight excluding hydrogens is 655 g/mol. The highest BCUT2D eigenvalue weighted by Gasteiger charge is 2.33. The van der Waals surface area contributed by atoms with Crippen LogP contribution in [0.3, 0.4) is 0 Å². The van der Waals surface area contributed by atoms with Crippen molar-refractivity contribution in [2.45, 2.75) is 35.7 Å². The first-order chi connectivity index (χ1) is 21.4. The summed E-state index contributed by atoms with van der Waals surface area (Å²) in [4.78, 5) is 4.83.